The summed E-state index contributed by atoms with van der Waals surface area (Å²) in [5, 5.41) is 7.71. The molecule has 142 valence electrons. The Morgan fingerprint density at radius 1 is 1.19 bits per heavy atom. The zero-order valence-electron chi connectivity index (χ0n) is 16.2. The first-order valence-electron chi connectivity index (χ1n) is 8.83. The summed E-state index contributed by atoms with van der Waals surface area (Å²) in [5.41, 5.74) is 2.09. The predicted molar refractivity (Wildman–Crippen MR) is 109 cm³/mol. The Labute approximate surface area is 159 Å². The fourth-order valence-electron chi connectivity index (χ4n) is 2.54. The molecule has 0 aliphatic rings. The second-order valence-corrected chi connectivity index (χ2v) is 6.96. The average molecular weight is 377 g/mol. The molecule has 1 aromatic carbocycles. The van der Waals surface area contributed by atoms with Gasteiger partial charge in [-0.1, -0.05) is 6.92 Å². The van der Waals surface area contributed by atoms with Crippen molar-refractivity contribution in [3.05, 3.63) is 33.8 Å². The van der Waals surface area contributed by atoms with Gasteiger partial charge in [-0.3, -0.25) is 4.99 Å². The van der Waals surface area contributed by atoms with Crippen LogP contribution in [0.4, 0.5) is 5.69 Å². The first kappa shape index (κ1) is 20.0. The summed E-state index contributed by atoms with van der Waals surface area (Å²) in [6.45, 7) is 7.78. The van der Waals surface area contributed by atoms with Crippen LogP contribution in [0.5, 0.6) is 11.5 Å². The van der Waals surface area contributed by atoms with Crippen molar-refractivity contribution in [2.75, 3.05) is 32.6 Å². The summed E-state index contributed by atoms with van der Waals surface area (Å²) in [4.78, 5) is 10.6. The maximum Gasteiger partial charge on any atom is 0.195 e. The molecule has 0 aliphatic heterocycles. The van der Waals surface area contributed by atoms with E-state index < -0.39 is 0 Å². The molecule has 1 heterocycles. The molecule has 0 atom stereocenters. The second kappa shape index (κ2) is 10.0. The van der Waals surface area contributed by atoms with Crippen LogP contribution in [0.3, 0.4) is 0 Å². The molecule has 6 nitrogen and oxygen atoms in total. The number of hydrogen-bond donors (Lipinski definition) is 2. The molecule has 0 saturated carbocycles. The number of aryl methyl sites for hydroxylation is 2. The molecule has 2 N–H and O–H groups in total. The van der Waals surface area contributed by atoms with E-state index in [4.69, 9.17) is 9.47 Å². The van der Waals surface area contributed by atoms with Gasteiger partial charge < -0.3 is 20.1 Å². The Morgan fingerprint density at radius 3 is 2.58 bits per heavy atom. The van der Waals surface area contributed by atoms with Gasteiger partial charge in [-0.15, -0.1) is 11.3 Å². The number of thiazole rings is 1. The molecule has 0 spiro atoms. The number of methoxy groups -OCH3 is 2. The van der Waals surface area contributed by atoms with Gasteiger partial charge in [-0.2, -0.15) is 0 Å². The highest BCUT2D eigenvalue weighted by Crippen LogP contribution is 2.29. The van der Waals surface area contributed by atoms with E-state index in [0.29, 0.717) is 18.0 Å². The normalized spacial score (nSPS) is 11.3. The van der Waals surface area contributed by atoms with Gasteiger partial charge in [-0.05, 0) is 32.4 Å². The van der Waals surface area contributed by atoms with Crippen LogP contribution < -0.4 is 20.1 Å². The van der Waals surface area contributed by atoms with Crippen molar-refractivity contribution in [3.8, 4) is 11.5 Å². The molecule has 0 bridgehead atoms. The van der Waals surface area contributed by atoms with Gasteiger partial charge in [-0.25, -0.2) is 4.98 Å². The van der Waals surface area contributed by atoms with Gasteiger partial charge in [0, 0.05) is 36.1 Å². The SMILES string of the molecule is CCNC(=NCCc1nc(CC)c(C)s1)Nc1ccc(OC)c(OC)c1. The zero-order valence-corrected chi connectivity index (χ0v) is 17.0. The van der Waals surface area contributed by atoms with Crippen molar-refractivity contribution in [1.82, 2.24) is 10.3 Å². The fourth-order valence-corrected chi connectivity index (χ4v) is 3.55. The molecule has 0 amide bonds. The number of aliphatic imine (C=N–C) groups is 1. The highest BCUT2D eigenvalue weighted by Gasteiger charge is 2.07. The molecule has 2 aromatic rings. The highest BCUT2D eigenvalue weighted by atomic mass is 32.1. The highest BCUT2D eigenvalue weighted by molar-refractivity contribution is 7.11. The van der Waals surface area contributed by atoms with Crippen molar-refractivity contribution in [2.24, 2.45) is 4.99 Å². The van der Waals surface area contributed by atoms with Crippen molar-refractivity contribution in [3.63, 3.8) is 0 Å². The van der Waals surface area contributed by atoms with Crippen LogP contribution in [0.15, 0.2) is 23.2 Å². The molecule has 7 heteroatoms. The van der Waals surface area contributed by atoms with E-state index in [0.717, 1.165) is 36.0 Å². The van der Waals surface area contributed by atoms with E-state index in [1.807, 2.05) is 25.1 Å². The minimum atomic E-state index is 0.679. The van der Waals surface area contributed by atoms with Gasteiger partial charge in [0.15, 0.2) is 17.5 Å². The monoisotopic (exact) mass is 376 g/mol. The molecular weight excluding hydrogens is 348 g/mol. The molecule has 1 aromatic heterocycles. The Morgan fingerprint density at radius 2 is 1.96 bits per heavy atom. The molecule has 0 aliphatic carbocycles. The second-order valence-electron chi connectivity index (χ2n) is 5.67. The largest absolute Gasteiger partial charge is 0.493 e. The Balaban J connectivity index is 2.04. The minimum Gasteiger partial charge on any atom is -0.493 e. The van der Waals surface area contributed by atoms with Crippen LogP contribution >= 0.6 is 11.3 Å². The maximum atomic E-state index is 5.35. The van der Waals surface area contributed by atoms with Crippen LogP contribution in [0.25, 0.3) is 0 Å². The first-order valence-corrected chi connectivity index (χ1v) is 9.65. The van der Waals surface area contributed by atoms with Gasteiger partial charge >= 0.3 is 0 Å². The van der Waals surface area contributed by atoms with Crippen LogP contribution in [-0.2, 0) is 12.8 Å². The third-order valence-electron chi connectivity index (χ3n) is 3.86. The summed E-state index contributed by atoms with van der Waals surface area (Å²) in [6.07, 6.45) is 1.82. The molecule has 0 saturated heterocycles. The molecule has 0 radical (unpaired) electrons. The van der Waals surface area contributed by atoms with Crippen molar-refractivity contribution in [1.29, 1.82) is 0 Å². The van der Waals surface area contributed by atoms with E-state index in [-0.39, 0.29) is 0 Å². The summed E-state index contributed by atoms with van der Waals surface area (Å²) in [5.74, 6) is 2.12. The Hall–Kier alpha value is -2.28. The molecule has 26 heavy (non-hydrogen) atoms. The van der Waals surface area contributed by atoms with Crippen molar-refractivity contribution >= 4 is 23.0 Å². The topological polar surface area (TPSA) is 67.8 Å². The van der Waals surface area contributed by atoms with E-state index in [1.54, 1.807) is 25.6 Å². The number of nitrogens with one attached hydrogen (secondary N) is 2. The van der Waals surface area contributed by atoms with Crippen molar-refractivity contribution < 1.29 is 9.47 Å². The quantitative estimate of drug-likeness (QED) is 0.544. The molecular formula is C19H28N4O2S. The number of hydrogen-bond acceptors (Lipinski definition) is 5. The Bertz CT molecular complexity index is 743. The number of aromatic nitrogens is 1. The van der Waals surface area contributed by atoms with E-state index in [2.05, 4.69) is 34.5 Å². The lowest BCUT2D eigenvalue weighted by Crippen LogP contribution is -2.30. The lowest BCUT2D eigenvalue weighted by Gasteiger charge is -2.13. The molecule has 0 fully saturated rings. The van der Waals surface area contributed by atoms with Crippen LogP contribution in [0.1, 0.15) is 29.4 Å². The lowest BCUT2D eigenvalue weighted by atomic mass is 10.3. The van der Waals surface area contributed by atoms with E-state index in [9.17, 15) is 0 Å². The number of nitrogens with zero attached hydrogens (tertiary/aromatic N) is 2. The third-order valence-corrected chi connectivity index (χ3v) is 4.93. The van der Waals surface area contributed by atoms with Crippen LogP contribution in [-0.4, -0.2) is 38.3 Å². The molecule has 2 rings (SSSR count). The first-order chi connectivity index (χ1) is 12.6. The van der Waals surface area contributed by atoms with E-state index in [1.165, 1.54) is 10.6 Å². The van der Waals surface area contributed by atoms with Crippen molar-refractivity contribution in [2.45, 2.75) is 33.6 Å². The van der Waals surface area contributed by atoms with Gasteiger partial charge in [0.2, 0.25) is 0 Å². The lowest BCUT2D eigenvalue weighted by molar-refractivity contribution is 0.355. The van der Waals surface area contributed by atoms with Gasteiger partial charge in [0.05, 0.1) is 24.9 Å². The van der Waals surface area contributed by atoms with Gasteiger partial charge in [0.25, 0.3) is 0 Å². The summed E-state index contributed by atoms with van der Waals surface area (Å²) in [6, 6.07) is 5.70. The Kier molecular flexibility index (Phi) is 7.72. The number of anilines is 1. The number of guanidine groups is 1. The number of benzene rings is 1. The van der Waals surface area contributed by atoms with Gasteiger partial charge in [0.1, 0.15) is 0 Å². The third kappa shape index (κ3) is 5.36. The predicted octanol–water partition coefficient (Wildman–Crippen LogP) is 3.65. The number of ether oxygens (including phenoxy) is 2. The van der Waals surface area contributed by atoms with Crippen LogP contribution in [0, 0.1) is 6.92 Å². The zero-order chi connectivity index (χ0) is 18.9. The maximum absolute atomic E-state index is 5.35. The smallest absolute Gasteiger partial charge is 0.195 e. The van der Waals surface area contributed by atoms with Crippen LogP contribution in [0.2, 0.25) is 0 Å². The minimum absolute atomic E-state index is 0.679. The fraction of sp³-hybridized carbons (Fsp3) is 0.474. The summed E-state index contributed by atoms with van der Waals surface area (Å²) < 4.78 is 10.6. The standard InChI is InChI=1S/C19H28N4O2S/c1-6-15-13(3)26-18(23-15)10-11-21-19(20-7-2)22-14-8-9-16(24-4)17(12-14)25-5/h8-9,12H,6-7,10-11H2,1-5H3,(H2,20,21,22). The summed E-state index contributed by atoms with van der Waals surface area (Å²) in [7, 11) is 3.25. The molecule has 0 unspecified atom stereocenters. The number of rotatable bonds is 8. The average Bonchev–Trinajstić information content (AvgIpc) is 3.01. The summed E-state index contributed by atoms with van der Waals surface area (Å²) >= 11 is 1.77. The van der Waals surface area contributed by atoms with E-state index >= 15 is 0 Å².